The number of Topliss-reactive ketones (excluding diaryl/α,β-unsaturated/α-hetero) is 1. The number of methoxy groups -OCH3 is 6. The van der Waals surface area contributed by atoms with E-state index < -0.39 is 162 Å². The topological polar surface area (TPSA) is 353 Å². The van der Waals surface area contributed by atoms with Crippen LogP contribution in [0.25, 0.3) is 0 Å². The van der Waals surface area contributed by atoms with Gasteiger partial charge in [-0.1, -0.05) is 19.3 Å². The van der Waals surface area contributed by atoms with Gasteiger partial charge in [0, 0.05) is 68.6 Å². The number of ketones is 1. The molecule has 0 saturated heterocycles. The summed E-state index contributed by atoms with van der Waals surface area (Å²) in [7, 11) is 6.48. The lowest BCUT2D eigenvalue weighted by atomic mass is 9.92. The number of aliphatic hydroxyl groups excluding tert-OH is 1. The Kier molecular flexibility index (Phi) is 31.5. The second-order valence-electron chi connectivity index (χ2n) is 22.5. The number of esters is 5. The standard InChI is InChI=1S/C25H35F3N2O4.C13H12F3NO7.C13H11F3O4.C9H6F3NO5.C4H8O3/c1-16(2)30(18-10-6-5-7-11-18)24(32)19-14-21-22(15-20(19)25(26,27)28)34-17(3)23(31)29(21)12-8-9-13-33-4;1-6(11(18)22-2)24-10-5-8(13(14,15)16)7(12(19)23-3)4-9(10)17(20)21;1-6-10(17)4-7-3-8(12(18)19-2)9(13(14,15)16)5-11(7)20-6;1-18-8(15)4-2-6(13(16)17)7(14)3-5(4)9(10,11)12;1-3(5)4(6)7-2/h14-18H,5-13H2,1-4H3;4-6H,1-3H3;3,5-6H,4H2,1-2H3;2-3,14H,1H3;3,5H,1-2H3/t17-;2*6-;;3-/m000.1/s1. The molecule has 0 spiro atoms. The Balaban J connectivity index is 0.000000355. The number of carbonyl (C=O) groups excluding carboxylic acids is 8. The molecule has 1 aliphatic carbocycles. The molecular weight excluding hydrogens is 1420 g/mol. The number of anilines is 1. The third-order valence-corrected chi connectivity index (χ3v) is 15.0. The van der Waals surface area contributed by atoms with Crippen LogP contribution in [-0.2, 0) is 78.7 Å². The smallest absolute Gasteiger partial charge is 0.417 e. The first-order valence-corrected chi connectivity index (χ1v) is 30.4. The summed E-state index contributed by atoms with van der Waals surface area (Å²) in [5.74, 6) is -8.76. The third kappa shape index (κ3) is 23.5. The third-order valence-electron chi connectivity index (χ3n) is 15.0. The van der Waals surface area contributed by atoms with Crippen molar-refractivity contribution in [3.05, 3.63) is 119 Å². The van der Waals surface area contributed by atoms with Crippen molar-refractivity contribution in [3.63, 3.8) is 0 Å². The number of fused-ring (bicyclic) bond motifs is 2. The van der Waals surface area contributed by atoms with E-state index in [9.17, 15) is 111 Å². The lowest BCUT2D eigenvalue weighted by Gasteiger charge is -2.39. The van der Waals surface area contributed by atoms with Crippen LogP contribution in [0.5, 0.6) is 23.0 Å². The first-order valence-electron chi connectivity index (χ1n) is 30.4. The lowest BCUT2D eigenvalue weighted by molar-refractivity contribution is -0.386. The van der Waals surface area contributed by atoms with E-state index in [1.165, 1.54) is 38.8 Å². The van der Waals surface area contributed by atoms with Gasteiger partial charge in [0.1, 0.15) is 17.6 Å². The fourth-order valence-electron chi connectivity index (χ4n) is 10.0. The fraction of sp³-hybridized carbons (Fsp3) is 0.500. The summed E-state index contributed by atoms with van der Waals surface area (Å²) in [5.41, 5.74) is -9.77. The molecule has 27 nitrogen and oxygen atoms in total. The van der Waals surface area contributed by atoms with E-state index in [1.807, 2.05) is 13.8 Å². The van der Waals surface area contributed by atoms with Crippen molar-refractivity contribution >= 4 is 64.5 Å². The molecule has 2 heterocycles. The minimum absolute atomic E-state index is 0.0305. The number of carbonyl (C=O) groups is 8. The minimum Gasteiger partial charge on any atom is -0.502 e. The summed E-state index contributed by atoms with van der Waals surface area (Å²) in [6, 6.07) is 4.58. The van der Waals surface area contributed by atoms with Crippen molar-refractivity contribution in [1.29, 1.82) is 0 Å². The number of hydrogen-bond acceptors (Lipinski definition) is 23. The van der Waals surface area contributed by atoms with Gasteiger partial charge in [-0.25, -0.2) is 24.0 Å². The van der Waals surface area contributed by atoms with E-state index >= 15 is 0 Å². The molecule has 570 valence electrons. The van der Waals surface area contributed by atoms with Crippen LogP contribution in [0.3, 0.4) is 0 Å². The molecule has 0 unspecified atom stereocenters. The normalized spacial score (nSPS) is 15.6. The first kappa shape index (κ1) is 87.1. The number of aromatic hydroxyl groups is 1. The van der Waals surface area contributed by atoms with Gasteiger partial charge in [-0.3, -0.25) is 34.6 Å². The molecule has 0 radical (unpaired) electrons. The molecule has 0 bridgehead atoms. The van der Waals surface area contributed by atoms with Crippen molar-refractivity contribution in [3.8, 4) is 23.0 Å². The molecule has 39 heteroatoms. The zero-order valence-electron chi connectivity index (χ0n) is 56.9. The van der Waals surface area contributed by atoms with Crippen molar-refractivity contribution in [1.82, 2.24) is 4.90 Å². The summed E-state index contributed by atoms with van der Waals surface area (Å²) in [5, 5.41) is 39.0. The number of aliphatic hydroxyl groups is 1. The van der Waals surface area contributed by atoms with Gasteiger partial charge in [-0.2, -0.15) is 52.7 Å². The highest BCUT2D eigenvalue weighted by molar-refractivity contribution is 6.04. The largest absolute Gasteiger partial charge is 0.502 e. The fourth-order valence-corrected chi connectivity index (χ4v) is 10.0. The van der Waals surface area contributed by atoms with Gasteiger partial charge in [-0.05, 0) is 91.5 Å². The number of benzene rings is 4. The monoisotopic (exact) mass is 1490 g/mol. The van der Waals surface area contributed by atoms with Crippen LogP contribution in [0.2, 0.25) is 0 Å². The summed E-state index contributed by atoms with van der Waals surface area (Å²) in [6.07, 6.45) is -17.8. The van der Waals surface area contributed by atoms with Gasteiger partial charge in [0.15, 0.2) is 35.6 Å². The number of ether oxygens (including phenoxy) is 9. The maximum absolute atomic E-state index is 14.1. The van der Waals surface area contributed by atoms with Gasteiger partial charge in [-0.15, -0.1) is 0 Å². The summed E-state index contributed by atoms with van der Waals surface area (Å²) >= 11 is 0. The molecule has 1 fully saturated rings. The number of nitrogens with zero attached hydrogens (tertiary/aromatic N) is 4. The lowest BCUT2D eigenvalue weighted by Crippen LogP contribution is -2.47. The summed E-state index contributed by atoms with van der Waals surface area (Å²) < 4.78 is 200. The molecule has 7 rings (SSSR count). The Morgan fingerprint density at radius 2 is 1.04 bits per heavy atom. The number of alkyl halides is 12. The molecule has 2 amide bonds. The molecule has 2 aliphatic heterocycles. The van der Waals surface area contributed by atoms with Gasteiger partial charge in [0.25, 0.3) is 11.8 Å². The second-order valence-corrected chi connectivity index (χ2v) is 22.5. The van der Waals surface area contributed by atoms with Crippen LogP contribution < -0.4 is 19.1 Å². The molecular formula is C64H72F12N4O23. The van der Waals surface area contributed by atoms with Crippen LogP contribution in [0, 0.1) is 20.2 Å². The van der Waals surface area contributed by atoms with Crippen molar-refractivity contribution in [2.75, 3.05) is 60.7 Å². The molecule has 4 aromatic rings. The Bertz CT molecular complexity index is 3740. The average molecular weight is 1490 g/mol. The van der Waals surface area contributed by atoms with Crippen LogP contribution in [0.15, 0.2) is 48.5 Å². The number of phenols is 1. The van der Waals surface area contributed by atoms with Crippen LogP contribution in [-0.4, -0.2) is 165 Å². The van der Waals surface area contributed by atoms with Crippen LogP contribution >= 0.6 is 0 Å². The quantitative estimate of drug-likeness (QED) is 0.0248. The van der Waals surface area contributed by atoms with E-state index in [2.05, 4.69) is 23.7 Å². The van der Waals surface area contributed by atoms with Crippen molar-refractivity contribution in [2.24, 2.45) is 0 Å². The van der Waals surface area contributed by atoms with Gasteiger partial charge in [0.05, 0.1) is 95.6 Å². The molecule has 103 heavy (non-hydrogen) atoms. The van der Waals surface area contributed by atoms with Crippen molar-refractivity contribution in [2.45, 2.75) is 154 Å². The Morgan fingerprint density at radius 3 is 1.48 bits per heavy atom. The average Bonchev–Trinajstić information content (AvgIpc) is 0.762. The molecule has 2 N–H and O–H groups in total. The number of hydrogen-bond donors (Lipinski definition) is 2. The zero-order chi connectivity index (χ0) is 78.7. The highest BCUT2D eigenvalue weighted by atomic mass is 19.4. The molecule has 4 atom stereocenters. The Hall–Kier alpha value is -10.1. The zero-order valence-corrected chi connectivity index (χ0v) is 56.9. The maximum Gasteiger partial charge on any atom is 0.417 e. The van der Waals surface area contributed by atoms with E-state index in [4.69, 9.17) is 29.2 Å². The maximum atomic E-state index is 14.1. The summed E-state index contributed by atoms with van der Waals surface area (Å²) in [4.78, 5) is 116. The highest BCUT2D eigenvalue weighted by Crippen LogP contribution is 2.45. The predicted molar refractivity (Wildman–Crippen MR) is 331 cm³/mol. The van der Waals surface area contributed by atoms with Crippen molar-refractivity contribution < 1.29 is 154 Å². The Labute approximate surface area is 578 Å². The Morgan fingerprint density at radius 1 is 0.592 bits per heavy atom. The van der Waals surface area contributed by atoms with E-state index in [0.29, 0.717) is 38.1 Å². The molecule has 4 aromatic carbocycles. The van der Waals surface area contributed by atoms with E-state index in [1.54, 1.807) is 12.0 Å². The van der Waals surface area contributed by atoms with E-state index in [-0.39, 0.29) is 65.1 Å². The molecule has 0 aromatic heterocycles. The van der Waals surface area contributed by atoms with Crippen LogP contribution in [0.4, 0.5) is 69.7 Å². The number of rotatable bonds is 17. The number of halogens is 12. The number of nitro groups is 2. The predicted octanol–water partition coefficient (Wildman–Crippen LogP) is 11.8. The number of unbranched alkanes of at least 4 members (excludes halogenated alkanes) is 1. The molecule has 3 aliphatic rings. The van der Waals surface area contributed by atoms with Gasteiger partial charge < -0.3 is 62.6 Å². The van der Waals surface area contributed by atoms with Gasteiger partial charge >= 0.3 is 65.9 Å². The first-order chi connectivity index (χ1) is 47.7. The second kappa shape index (κ2) is 37.2. The molecule has 1 saturated carbocycles. The SMILES string of the molecule is COC(=O)[C@@H](C)O.COC(=O)c1cc([N+](=O)[O-])c(O)cc1C(F)(F)F.COC(=O)c1cc([N+](=O)[O-])c(O[C@@H](C)C(=O)OC)cc1C(F)(F)F.COC(=O)c1cc2c(cc1C(F)(F)F)O[C@@H](C)C(=O)C2.COCCCCN1C(=O)[C@H](C)Oc2cc(C(F)(F)F)c(C(=O)N(C(C)C)C3CCCCC3)cc21. The summed E-state index contributed by atoms with van der Waals surface area (Å²) in [6.45, 7) is 9.95. The number of phenolic OH excluding ortho intramolecular Hbond substituents is 1. The minimum atomic E-state index is -5.01. The van der Waals surface area contributed by atoms with Crippen LogP contribution in [0.1, 0.15) is 156 Å². The van der Waals surface area contributed by atoms with Gasteiger partial charge in [0.2, 0.25) is 0 Å². The van der Waals surface area contributed by atoms with E-state index in [0.717, 1.165) is 85.7 Å². The highest BCUT2D eigenvalue weighted by Gasteiger charge is 2.45. The number of amides is 2. The number of nitro benzene ring substituents is 2.